The quantitative estimate of drug-likeness (QED) is 0.893. The number of thioether (sulfide) groups is 1. The predicted molar refractivity (Wildman–Crippen MR) is 89.0 cm³/mol. The summed E-state index contributed by atoms with van der Waals surface area (Å²) >= 11 is 1.25. The third-order valence-electron chi connectivity index (χ3n) is 3.90. The molecule has 0 saturated heterocycles. The standard InChI is InChI=1S/C16H19N3O2S/c20-15(13-4-2-1-3-5-13)10-19-8-6-12(7-9-19)14-11-22-16(21)18-17-14/h1-6,15,20H,7-11H2,(H,18,21). The minimum atomic E-state index is -0.460. The van der Waals surface area contributed by atoms with Crippen molar-refractivity contribution in [2.75, 3.05) is 25.4 Å². The Bertz CT molecular complexity index is 601. The summed E-state index contributed by atoms with van der Waals surface area (Å²) < 4.78 is 0. The summed E-state index contributed by atoms with van der Waals surface area (Å²) in [6.07, 6.45) is 2.59. The zero-order chi connectivity index (χ0) is 15.4. The van der Waals surface area contributed by atoms with E-state index in [1.807, 2.05) is 30.3 Å². The molecule has 2 aliphatic heterocycles. The molecule has 1 aromatic carbocycles. The maximum atomic E-state index is 11.1. The molecule has 5 nitrogen and oxygen atoms in total. The fourth-order valence-electron chi connectivity index (χ4n) is 2.64. The van der Waals surface area contributed by atoms with Crippen LogP contribution in [0, 0.1) is 0 Å². The highest BCUT2D eigenvalue weighted by Crippen LogP contribution is 2.20. The van der Waals surface area contributed by atoms with Crippen molar-refractivity contribution in [2.24, 2.45) is 5.10 Å². The molecule has 0 aromatic heterocycles. The molecule has 1 unspecified atom stereocenters. The predicted octanol–water partition coefficient (Wildman–Crippen LogP) is 2.16. The van der Waals surface area contributed by atoms with Crippen LogP contribution in [0.3, 0.4) is 0 Å². The molecule has 3 rings (SSSR count). The van der Waals surface area contributed by atoms with Crippen molar-refractivity contribution in [3.63, 3.8) is 0 Å². The summed E-state index contributed by atoms with van der Waals surface area (Å²) in [5, 5.41) is 14.3. The van der Waals surface area contributed by atoms with Crippen LogP contribution in [0.5, 0.6) is 0 Å². The lowest BCUT2D eigenvalue weighted by atomic mass is 10.0. The van der Waals surface area contributed by atoms with E-state index in [9.17, 15) is 9.90 Å². The van der Waals surface area contributed by atoms with Gasteiger partial charge in [0.05, 0.1) is 11.8 Å². The van der Waals surface area contributed by atoms with E-state index in [0.29, 0.717) is 12.3 Å². The van der Waals surface area contributed by atoms with Crippen molar-refractivity contribution in [2.45, 2.75) is 12.5 Å². The summed E-state index contributed by atoms with van der Waals surface area (Å²) in [5.74, 6) is 0.643. The maximum absolute atomic E-state index is 11.1. The van der Waals surface area contributed by atoms with E-state index in [-0.39, 0.29) is 5.24 Å². The molecular weight excluding hydrogens is 298 g/mol. The molecule has 22 heavy (non-hydrogen) atoms. The molecule has 0 bridgehead atoms. The van der Waals surface area contributed by atoms with Gasteiger partial charge in [-0.1, -0.05) is 48.2 Å². The molecule has 116 valence electrons. The van der Waals surface area contributed by atoms with Crippen molar-refractivity contribution in [1.29, 1.82) is 0 Å². The average Bonchev–Trinajstić information content (AvgIpc) is 2.57. The minimum absolute atomic E-state index is 0.0900. The zero-order valence-corrected chi connectivity index (χ0v) is 13.1. The summed E-state index contributed by atoms with van der Waals surface area (Å²) in [7, 11) is 0. The Morgan fingerprint density at radius 1 is 1.36 bits per heavy atom. The maximum Gasteiger partial charge on any atom is 0.299 e. The van der Waals surface area contributed by atoms with Crippen molar-refractivity contribution >= 4 is 22.7 Å². The second-order valence-corrected chi connectivity index (χ2v) is 6.36. The van der Waals surface area contributed by atoms with Crippen LogP contribution < -0.4 is 5.43 Å². The number of nitrogens with zero attached hydrogens (tertiary/aromatic N) is 2. The van der Waals surface area contributed by atoms with Crippen LogP contribution in [0.25, 0.3) is 0 Å². The van der Waals surface area contributed by atoms with Crippen LogP contribution in [0.15, 0.2) is 47.1 Å². The van der Waals surface area contributed by atoms with Gasteiger partial charge in [-0.3, -0.25) is 9.69 Å². The van der Waals surface area contributed by atoms with E-state index in [1.165, 1.54) is 17.3 Å². The Hall–Kier alpha value is -1.63. The van der Waals surface area contributed by atoms with E-state index in [4.69, 9.17) is 0 Å². The fourth-order valence-corrected chi connectivity index (χ4v) is 3.27. The van der Waals surface area contributed by atoms with Gasteiger partial charge in [0.15, 0.2) is 0 Å². The molecule has 1 amide bonds. The number of amides is 1. The summed E-state index contributed by atoms with van der Waals surface area (Å²) in [4.78, 5) is 13.3. The Kier molecular flexibility index (Phi) is 4.92. The number of benzene rings is 1. The second kappa shape index (κ2) is 7.09. The third-order valence-corrected chi connectivity index (χ3v) is 4.67. The van der Waals surface area contributed by atoms with Crippen LogP contribution in [-0.2, 0) is 0 Å². The van der Waals surface area contributed by atoms with Gasteiger partial charge in [0.25, 0.3) is 5.24 Å². The van der Waals surface area contributed by atoms with Gasteiger partial charge in [0.2, 0.25) is 0 Å². The number of rotatable bonds is 4. The first-order valence-corrected chi connectivity index (χ1v) is 8.35. The number of hydrogen-bond donors (Lipinski definition) is 2. The third kappa shape index (κ3) is 3.76. The zero-order valence-electron chi connectivity index (χ0n) is 12.2. The Morgan fingerprint density at radius 2 is 2.18 bits per heavy atom. The topological polar surface area (TPSA) is 64.9 Å². The molecule has 0 saturated carbocycles. The van der Waals surface area contributed by atoms with Crippen molar-refractivity contribution in [3.8, 4) is 0 Å². The fraction of sp³-hybridized carbons (Fsp3) is 0.375. The van der Waals surface area contributed by atoms with Crippen LogP contribution in [0.1, 0.15) is 18.1 Å². The van der Waals surface area contributed by atoms with Crippen LogP contribution in [0.2, 0.25) is 0 Å². The number of carbonyl (C=O) groups excluding carboxylic acids is 1. The molecule has 0 spiro atoms. The smallest absolute Gasteiger partial charge is 0.299 e. The lowest BCUT2D eigenvalue weighted by Gasteiger charge is -2.29. The monoisotopic (exact) mass is 317 g/mol. The summed E-state index contributed by atoms with van der Waals surface area (Å²) in [5.41, 5.74) is 5.64. The largest absolute Gasteiger partial charge is 0.387 e. The average molecular weight is 317 g/mol. The van der Waals surface area contributed by atoms with Gasteiger partial charge in [0, 0.05) is 25.4 Å². The molecule has 1 atom stereocenters. The van der Waals surface area contributed by atoms with Gasteiger partial charge in [0.1, 0.15) is 0 Å². The highest BCUT2D eigenvalue weighted by Gasteiger charge is 2.21. The molecule has 2 aliphatic rings. The van der Waals surface area contributed by atoms with Gasteiger partial charge in [-0.2, -0.15) is 5.10 Å². The summed E-state index contributed by atoms with van der Waals surface area (Å²) in [6, 6.07) is 9.74. The Labute approximate surface area is 134 Å². The first-order valence-electron chi connectivity index (χ1n) is 7.36. The molecule has 6 heteroatoms. The number of aliphatic hydroxyl groups is 1. The van der Waals surface area contributed by atoms with E-state index >= 15 is 0 Å². The molecular formula is C16H19N3O2S. The van der Waals surface area contributed by atoms with Crippen molar-refractivity contribution in [3.05, 3.63) is 47.5 Å². The van der Waals surface area contributed by atoms with Crippen molar-refractivity contribution < 1.29 is 9.90 Å². The number of hydrogen-bond acceptors (Lipinski definition) is 5. The Morgan fingerprint density at radius 3 is 2.82 bits per heavy atom. The van der Waals surface area contributed by atoms with E-state index in [1.54, 1.807) is 0 Å². The number of nitrogens with one attached hydrogen (secondary N) is 1. The minimum Gasteiger partial charge on any atom is -0.387 e. The number of carbonyl (C=O) groups is 1. The van der Waals surface area contributed by atoms with Gasteiger partial charge in [-0.15, -0.1) is 0 Å². The molecule has 1 aromatic rings. The van der Waals surface area contributed by atoms with Crippen molar-refractivity contribution in [1.82, 2.24) is 10.3 Å². The second-order valence-electron chi connectivity index (χ2n) is 5.41. The molecule has 0 radical (unpaired) electrons. The SMILES string of the molecule is O=C1NN=C(C2=CCN(CC(O)c3ccccc3)CC2)CS1. The lowest BCUT2D eigenvalue weighted by molar-refractivity contribution is 0.118. The highest BCUT2D eigenvalue weighted by atomic mass is 32.2. The summed E-state index contributed by atoms with van der Waals surface area (Å²) in [6.45, 7) is 2.33. The number of aliphatic hydroxyl groups excluding tert-OH is 1. The van der Waals surface area contributed by atoms with E-state index in [2.05, 4.69) is 21.5 Å². The highest BCUT2D eigenvalue weighted by molar-refractivity contribution is 8.14. The number of hydrazone groups is 1. The molecule has 0 aliphatic carbocycles. The first kappa shape index (κ1) is 15.3. The van der Waals surface area contributed by atoms with E-state index < -0.39 is 6.10 Å². The van der Waals surface area contributed by atoms with E-state index in [0.717, 1.165) is 30.8 Å². The van der Waals surface area contributed by atoms with Gasteiger partial charge in [-0.05, 0) is 17.6 Å². The molecule has 2 heterocycles. The first-order chi connectivity index (χ1) is 10.7. The molecule has 0 fully saturated rings. The number of β-amino-alcohol motifs (C(OH)–C–C–N with tert-alkyl or cyclic N) is 1. The van der Waals surface area contributed by atoms with Gasteiger partial charge in [-0.25, -0.2) is 5.43 Å². The lowest BCUT2D eigenvalue weighted by Crippen LogP contribution is -2.35. The van der Waals surface area contributed by atoms with Crippen LogP contribution in [-0.4, -0.2) is 46.3 Å². The normalized spacial score (nSPS) is 20.9. The van der Waals surface area contributed by atoms with Crippen LogP contribution >= 0.6 is 11.8 Å². The van der Waals surface area contributed by atoms with Crippen LogP contribution in [0.4, 0.5) is 4.79 Å². The Balaban J connectivity index is 1.56. The van der Waals surface area contributed by atoms with Gasteiger partial charge < -0.3 is 5.11 Å². The van der Waals surface area contributed by atoms with Gasteiger partial charge >= 0.3 is 0 Å². The molecule has 2 N–H and O–H groups in total.